The fourth-order valence-corrected chi connectivity index (χ4v) is 1.94. The molecule has 4 heteroatoms. The zero-order valence-corrected chi connectivity index (χ0v) is 11.2. The molecular formula is C14H18N2O2. The summed E-state index contributed by atoms with van der Waals surface area (Å²) in [6.07, 6.45) is 0. The molecule has 0 bridgehead atoms. The summed E-state index contributed by atoms with van der Waals surface area (Å²) in [6.45, 7) is 6.01. The van der Waals surface area contributed by atoms with Crippen molar-refractivity contribution < 1.29 is 4.79 Å². The van der Waals surface area contributed by atoms with Gasteiger partial charge in [-0.05, 0) is 24.1 Å². The summed E-state index contributed by atoms with van der Waals surface area (Å²) < 4.78 is 1.52. The number of imidazole rings is 1. The van der Waals surface area contributed by atoms with Gasteiger partial charge in [-0.2, -0.15) is 0 Å². The number of carbonyl (C=O) groups excluding carboxylic acids is 1. The van der Waals surface area contributed by atoms with Gasteiger partial charge in [0.1, 0.15) is 0 Å². The number of Topliss-reactive ketones (excluding diaryl/α,β-unsaturated/α-hetero) is 1. The number of nitrogens with one attached hydrogen (secondary N) is 1. The number of hydrogen-bond acceptors (Lipinski definition) is 2. The fourth-order valence-electron chi connectivity index (χ4n) is 1.94. The molecule has 96 valence electrons. The lowest BCUT2D eigenvalue weighted by Gasteiger charge is -2.14. The van der Waals surface area contributed by atoms with Crippen LogP contribution in [0.5, 0.6) is 0 Å². The van der Waals surface area contributed by atoms with Crippen molar-refractivity contribution in [1.29, 1.82) is 0 Å². The Balaban J connectivity index is 2.50. The van der Waals surface area contributed by atoms with Crippen LogP contribution in [0.3, 0.4) is 0 Å². The molecule has 1 unspecified atom stereocenters. The highest BCUT2D eigenvalue weighted by Gasteiger charge is 2.19. The third-order valence-corrected chi connectivity index (χ3v) is 3.60. The molecule has 18 heavy (non-hydrogen) atoms. The van der Waals surface area contributed by atoms with Crippen molar-refractivity contribution >= 4 is 16.8 Å². The highest BCUT2D eigenvalue weighted by Crippen LogP contribution is 2.19. The summed E-state index contributed by atoms with van der Waals surface area (Å²) in [5, 5.41) is 0. The minimum atomic E-state index is -0.161. The van der Waals surface area contributed by atoms with Crippen LogP contribution in [0.15, 0.2) is 23.0 Å². The van der Waals surface area contributed by atoms with E-state index in [1.807, 2.05) is 20.8 Å². The largest absolute Gasteiger partial charge is 0.326 e. The molecule has 0 fully saturated rings. The van der Waals surface area contributed by atoms with Gasteiger partial charge in [-0.25, -0.2) is 4.79 Å². The van der Waals surface area contributed by atoms with Crippen molar-refractivity contribution in [2.45, 2.75) is 20.8 Å². The Bertz CT molecular complexity index is 649. The maximum Gasteiger partial charge on any atom is 0.326 e. The molecule has 1 atom stereocenters. The number of H-pyrrole nitrogens is 1. The highest BCUT2D eigenvalue weighted by atomic mass is 16.1. The first-order valence-electron chi connectivity index (χ1n) is 6.14. The van der Waals surface area contributed by atoms with Crippen LogP contribution in [-0.2, 0) is 7.05 Å². The molecule has 0 spiro atoms. The van der Waals surface area contributed by atoms with E-state index in [-0.39, 0.29) is 17.4 Å². The molecule has 0 aliphatic carbocycles. The number of benzene rings is 1. The average Bonchev–Trinajstić information content (AvgIpc) is 2.63. The SMILES string of the molecule is CC(C)C(C)C(=O)c1ccc2[nH]c(=O)n(C)c2c1. The standard InChI is InChI=1S/C14H18N2O2/c1-8(2)9(3)13(17)10-5-6-11-12(7-10)16(4)14(18)15-11/h5-9H,1-4H3,(H,15,18). The average molecular weight is 246 g/mol. The zero-order chi connectivity index (χ0) is 13.4. The molecule has 1 heterocycles. The Morgan fingerprint density at radius 3 is 2.56 bits per heavy atom. The second-order valence-electron chi connectivity index (χ2n) is 5.12. The molecule has 0 saturated heterocycles. The van der Waals surface area contributed by atoms with Crippen molar-refractivity contribution in [2.24, 2.45) is 18.9 Å². The lowest BCUT2D eigenvalue weighted by atomic mass is 9.89. The zero-order valence-electron chi connectivity index (χ0n) is 11.2. The van der Waals surface area contributed by atoms with Crippen molar-refractivity contribution in [2.75, 3.05) is 0 Å². The number of aryl methyl sites for hydroxylation is 1. The second-order valence-corrected chi connectivity index (χ2v) is 5.12. The summed E-state index contributed by atoms with van der Waals surface area (Å²) in [4.78, 5) is 26.5. The summed E-state index contributed by atoms with van der Waals surface area (Å²) in [6, 6.07) is 5.35. The molecule has 1 N–H and O–H groups in total. The Morgan fingerprint density at radius 1 is 1.28 bits per heavy atom. The fraction of sp³-hybridized carbons (Fsp3) is 0.429. The van der Waals surface area contributed by atoms with Gasteiger partial charge in [-0.15, -0.1) is 0 Å². The number of aromatic nitrogens is 2. The molecule has 2 aromatic rings. The topological polar surface area (TPSA) is 54.9 Å². The third kappa shape index (κ3) is 1.98. The van der Waals surface area contributed by atoms with E-state index >= 15 is 0 Å². The van der Waals surface area contributed by atoms with Crippen LogP contribution in [-0.4, -0.2) is 15.3 Å². The predicted octanol–water partition coefficient (Wildman–Crippen LogP) is 2.34. The quantitative estimate of drug-likeness (QED) is 0.845. The summed E-state index contributed by atoms with van der Waals surface area (Å²) >= 11 is 0. The van der Waals surface area contributed by atoms with E-state index in [0.29, 0.717) is 11.5 Å². The van der Waals surface area contributed by atoms with E-state index in [2.05, 4.69) is 4.98 Å². The maximum atomic E-state index is 12.3. The molecule has 0 saturated carbocycles. The number of fused-ring (bicyclic) bond motifs is 1. The molecule has 1 aromatic carbocycles. The number of nitrogens with zero attached hydrogens (tertiary/aromatic N) is 1. The van der Waals surface area contributed by atoms with Crippen LogP contribution in [0.25, 0.3) is 11.0 Å². The second kappa shape index (κ2) is 4.44. The van der Waals surface area contributed by atoms with Gasteiger partial charge in [0.25, 0.3) is 0 Å². The monoisotopic (exact) mass is 246 g/mol. The van der Waals surface area contributed by atoms with Gasteiger partial charge in [0, 0.05) is 18.5 Å². The number of hydrogen-bond donors (Lipinski definition) is 1. The number of aromatic amines is 1. The van der Waals surface area contributed by atoms with Crippen LogP contribution in [0, 0.1) is 11.8 Å². The Morgan fingerprint density at radius 2 is 1.94 bits per heavy atom. The van der Waals surface area contributed by atoms with E-state index in [1.54, 1.807) is 25.2 Å². The lowest BCUT2D eigenvalue weighted by Crippen LogP contribution is -2.17. The number of carbonyl (C=O) groups is 1. The maximum absolute atomic E-state index is 12.3. The molecule has 4 nitrogen and oxygen atoms in total. The smallest absolute Gasteiger partial charge is 0.306 e. The number of ketones is 1. The lowest BCUT2D eigenvalue weighted by molar-refractivity contribution is 0.0900. The molecule has 0 aliphatic rings. The third-order valence-electron chi connectivity index (χ3n) is 3.60. The minimum Gasteiger partial charge on any atom is -0.306 e. The van der Waals surface area contributed by atoms with Crippen LogP contribution >= 0.6 is 0 Å². The van der Waals surface area contributed by atoms with Crippen molar-refractivity contribution in [3.63, 3.8) is 0 Å². The normalized spacial score (nSPS) is 13.2. The van der Waals surface area contributed by atoms with Gasteiger partial charge < -0.3 is 4.98 Å². The van der Waals surface area contributed by atoms with Crippen LogP contribution in [0.1, 0.15) is 31.1 Å². The van der Waals surface area contributed by atoms with Crippen LogP contribution in [0.4, 0.5) is 0 Å². The van der Waals surface area contributed by atoms with Gasteiger partial charge in [0.15, 0.2) is 5.78 Å². The van der Waals surface area contributed by atoms with Gasteiger partial charge >= 0.3 is 5.69 Å². The molecule has 0 radical (unpaired) electrons. The number of rotatable bonds is 3. The molecule has 0 amide bonds. The Kier molecular flexibility index (Phi) is 3.11. The molecule has 0 aliphatic heterocycles. The summed E-state index contributed by atoms with van der Waals surface area (Å²) in [5.74, 6) is 0.419. The van der Waals surface area contributed by atoms with Crippen LogP contribution < -0.4 is 5.69 Å². The highest BCUT2D eigenvalue weighted by molar-refractivity contribution is 6.00. The van der Waals surface area contributed by atoms with Gasteiger partial charge in [0.05, 0.1) is 11.0 Å². The van der Waals surface area contributed by atoms with Crippen LogP contribution in [0.2, 0.25) is 0 Å². The van der Waals surface area contributed by atoms with E-state index < -0.39 is 0 Å². The first kappa shape index (κ1) is 12.6. The molecule has 2 rings (SSSR count). The van der Waals surface area contributed by atoms with Crippen molar-refractivity contribution in [3.05, 3.63) is 34.2 Å². The van der Waals surface area contributed by atoms with Gasteiger partial charge in [-0.3, -0.25) is 9.36 Å². The summed E-state index contributed by atoms with van der Waals surface area (Å²) in [7, 11) is 1.70. The van der Waals surface area contributed by atoms with Gasteiger partial charge in [-0.1, -0.05) is 20.8 Å². The van der Waals surface area contributed by atoms with Crippen molar-refractivity contribution in [3.8, 4) is 0 Å². The predicted molar refractivity (Wildman–Crippen MR) is 71.9 cm³/mol. The summed E-state index contributed by atoms with van der Waals surface area (Å²) in [5.41, 5.74) is 2.03. The van der Waals surface area contributed by atoms with E-state index in [4.69, 9.17) is 0 Å². The Labute approximate surface area is 106 Å². The first-order chi connectivity index (χ1) is 8.41. The van der Waals surface area contributed by atoms with Gasteiger partial charge in [0.2, 0.25) is 0 Å². The van der Waals surface area contributed by atoms with Crippen molar-refractivity contribution in [1.82, 2.24) is 9.55 Å². The Hall–Kier alpha value is -1.84. The van der Waals surface area contributed by atoms with E-state index in [0.717, 1.165) is 11.0 Å². The first-order valence-corrected chi connectivity index (χ1v) is 6.14. The molecule has 1 aromatic heterocycles. The van der Waals surface area contributed by atoms with E-state index in [1.165, 1.54) is 4.57 Å². The van der Waals surface area contributed by atoms with E-state index in [9.17, 15) is 9.59 Å². The molecular weight excluding hydrogens is 228 g/mol. The minimum absolute atomic E-state index is 0.0154.